The molecule has 1 unspecified atom stereocenters. The van der Waals surface area contributed by atoms with E-state index in [0.29, 0.717) is 12.2 Å². The lowest BCUT2D eigenvalue weighted by molar-refractivity contribution is 0.0916. The molecule has 1 heterocycles. The van der Waals surface area contributed by atoms with Crippen molar-refractivity contribution in [2.45, 2.75) is 26.3 Å². The molecule has 6 nitrogen and oxygen atoms in total. The Bertz CT molecular complexity index is 398. The molecule has 1 aromatic rings. The van der Waals surface area contributed by atoms with E-state index in [1.54, 1.807) is 19.1 Å². The van der Waals surface area contributed by atoms with E-state index in [2.05, 4.69) is 10.5 Å². The summed E-state index contributed by atoms with van der Waals surface area (Å²) in [5, 5.41) is 14.0. The van der Waals surface area contributed by atoms with Gasteiger partial charge in [-0.3, -0.25) is 4.79 Å². The number of amides is 1. The van der Waals surface area contributed by atoms with Crippen molar-refractivity contribution in [1.82, 2.24) is 5.32 Å². The summed E-state index contributed by atoms with van der Waals surface area (Å²) in [5.74, 6) is 0.453. The third-order valence-corrected chi connectivity index (χ3v) is 2.15. The zero-order valence-electron chi connectivity index (χ0n) is 9.23. The lowest BCUT2D eigenvalue weighted by Gasteiger charge is -2.13. The van der Waals surface area contributed by atoms with Crippen LogP contribution in [-0.2, 0) is 0 Å². The van der Waals surface area contributed by atoms with Gasteiger partial charge in [-0.15, -0.1) is 0 Å². The van der Waals surface area contributed by atoms with Gasteiger partial charge in [0.1, 0.15) is 5.76 Å². The van der Waals surface area contributed by atoms with Gasteiger partial charge in [-0.05, 0) is 25.5 Å². The topological polar surface area (TPSA) is 101 Å². The first kappa shape index (κ1) is 12.1. The molecule has 6 heteroatoms. The number of hydrogen-bond donors (Lipinski definition) is 3. The number of nitrogens with two attached hydrogens (primary N) is 1. The predicted molar refractivity (Wildman–Crippen MR) is 58.4 cm³/mol. The van der Waals surface area contributed by atoms with Crippen molar-refractivity contribution < 1.29 is 14.4 Å². The summed E-state index contributed by atoms with van der Waals surface area (Å²) in [6.07, 6.45) is 0.529. The number of carbonyl (C=O) groups is 1. The predicted octanol–water partition coefficient (Wildman–Crippen LogP) is 0.843. The van der Waals surface area contributed by atoms with Crippen molar-refractivity contribution in [3.8, 4) is 0 Å². The molecular weight excluding hydrogens is 210 g/mol. The Morgan fingerprint density at radius 3 is 2.81 bits per heavy atom. The van der Waals surface area contributed by atoms with Crippen LogP contribution >= 0.6 is 0 Å². The second-order valence-corrected chi connectivity index (χ2v) is 3.37. The Hall–Kier alpha value is -1.98. The maximum Gasteiger partial charge on any atom is 0.287 e. The lowest BCUT2D eigenvalue weighted by atomic mass is 10.2. The highest BCUT2D eigenvalue weighted by Crippen LogP contribution is 2.06. The summed E-state index contributed by atoms with van der Waals surface area (Å²) in [7, 11) is 0. The van der Waals surface area contributed by atoms with E-state index in [-0.39, 0.29) is 17.5 Å². The fourth-order valence-corrected chi connectivity index (χ4v) is 1.24. The second-order valence-electron chi connectivity index (χ2n) is 3.37. The molecule has 0 aliphatic carbocycles. The monoisotopic (exact) mass is 225 g/mol. The Morgan fingerprint density at radius 1 is 1.69 bits per heavy atom. The van der Waals surface area contributed by atoms with Crippen LogP contribution < -0.4 is 11.1 Å². The highest BCUT2D eigenvalue weighted by molar-refractivity contribution is 5.96. The van der Waals surface area contributed by atoms with Crippen LogP contribution in [0, 0.1) is 6.92 Å². The fourth-order valence-electron chi connectivity index (χ4n) is 1.24. The Morgan fingerprint density at radius 2 is 2.38 bits per heavy atom. The second kappa shape index (κ2) is 5.20. The molecule has 0 aliphatic heterocycles. The van der Waals surface area contributed by atoms with Crippen LogP contribution in [0.25, 0.3) is 0 Å². The standard InChI is InChI=1S/C10H15N3O3/c1-3-7(9(11)13-15)12-10(14)8-5-4-6(2)16-8/h4-5,7,15H,3H2,1-2H3,(H2,11,13)(H,12,14). The molecule has 0 spiro atoms. The van der Waals surface area contributed by atoms with Gasteiger partial charge < -0.3 is 20.7 Å². The van der Waals surface area contributed by atoms with Crippen LogP contribution in [-0.4, -0.2) is 23.0 Å². The third-order valence-electron chi connectivity index (χ3n) is 2.15. The third kappa shape index (κ3) is 2.75. The number of aryl methyl sites for hydroxylation is 1. The van der Waals surface area contributed by atoms with Crippen LogP contribution in [0.2, 0.25) is 0 Å². The fraction of sp³-hybridized carbons (Fsp3) is 0.400. The van der Waals surface area contributed by atoms with E-state index in [4.69, 9.17) is 15.4 Å². The zero-order chi connectivity index (χ0) is 12.1. The van der Waals surface area contributed by atoms with E-state index in [1.165, 1.54) is 0 Å². The van der Waals surface area contributed by atoms with Crippen LogP contribution in [0.4, 0.5) is 0 Å². The minimum Gasteiger partial charge on any atom is -0.456 e. The first-order chi connectivity index (χ1) is 7.58. The number of nitrogens with one attached hydrogen (secondary N) is 1. The Labute approximate surface area is 93.1 Å². The van der Waals surface area contributed by atoms with Gasteiger partial charge in [0.2, 0.25) is 0 Å². The van der Waals surface area contributed by atoms with E-state index < -0.39 is 6.04 Å². The minimum absolute atomic E-state index is 0.0286. The number of amidine groups is 1. The average molecular weight is 225 g/mol. The summed E-state index contributed by atoms with van der Waals surface area (Å²) in [6, 6.07) is 2.77. The molecular formula is C10H15N3O3. The molecule has 1 rings (SSSR count). The smallest absolute Gasteiger partial charge is 0.287 e. The number of furan rings is 1. The molecule has 0 fully saturated rings. The Balaban J connectivity index is 2.70. The summed E-state index contributed by atoms with van der Waals surface area (Å²) >= 11 is 0. The van der Waals surface area contributed by atoms with Gasteiger partial charge in [0, 0.05) is 0 Å². The maximum absolute atomic E-state index is 11.7. The van der Waals surface area contributed by atoms with Crippen molar-refractivity contribution in [2.24, 2.45) is 10.9 Å². The van der Waals surface area contributed by atoms with Crippen molar-refractivity contribution in [2.75, 3.05) is 0 Å². The van der Waals surface area contributed by atoms with Gasteiger partial charge in [0.25, 0.3) is 5.91 Å². The molecule has 4 N–H and O–H groups in total. The van der Waals surface area contributed by atoms with Crippen LogP contribution in [0.15, 0.2) is 21.7 Å². The van der Waals surface area contributed by atoms with Gasteiger partial charge in [0.05, 0.1) is 6.04 Å². The van der Waals surface area contributed by atoms with Gasteiger partial charge in [-0.25, -0.2) is 0 Å². The molecule has 0 saturated heterocycles. The van der Waals surface area contributed by atoms with E-state index >= 15 is 0 Å². The van der Waals surface area contributed by atoms with Gasteiger partial charge >= 0.3 is 0 Å². The molecule has 1 aromatic heterocycles. The highest BCUT2D eigenvalue weighted by atomic mass is 16.4. The van der Waals surface area contributed by atoms with Gasteiger partial charge in [-0.1, -0.05) is 12.1 Å². The molecule has 0 aliphatic rings. The summed E-state index contributed by atoms with van der Waals surface area (Å²) < 4.78 is 5.15. The molecule has 1 atom stereocenters. The highest BCUT2D eigenvalue weighted by Gasteiger charge is 2.17. The molecule has 16 heavy (non-hydrogen) atoms. The van der Waals surface area contributed by atoms with Crippen molar-refractivity contribution in [3.63, 3.8) is 0 Å². The van der Waals surface area contributed by atoms with Crippen molar-refractivity contribution >= 4 is 11.7 Å². The lowest BCUT2D eigenvalue weighted by Crippen LogP contribution is -2.44. The normalized spacial score (nSPS) is 13.5. The van der Waals surface area contributed by atoms with E-state index in [0.717, 1.165) is 0 Å². The molecule has 1 amide bonds. The molecule has 88 valence electrons. The number of carbonyl (C=O) groups excluding carboxylic acids is 1. The van der Waals surface area contributed by atoms with Crippen LogP contribution in [0.5, 0.6) is 0 Å². The first-order valence-corrected chi connectivity index (χ1v) is 4.93. The van der Waals surface area contributed by atoms with E-state index in [9.17, 15) is 4.79 Å². The molecule has 0 radical (unpaired) electrons. The van der Waals surface area contributed by atoms with Crippen molar-refractivity contribution in [1.29, 1.82) is 0 Å². The number of hydrogen-bond acceptors (Lipinski definition) is 4. The Kier molecular flexibility index (Phi) is 3.93. The van der Waals surface area contributed by atoms with Gasteiger partial charge in [-0.2, -0.15) is 0 Å². The first-order valence-electron chi connectivity index (χ1n) is 4.93. The summed E-state index contributed by atoms with van der Waals surface area (Å²) in [4.78, 5) is 11.7. The molecule has 0 saturated carbocycles. The van der Waals surface area contributed by atoms with Crippen LogP contribution in [0.1, 0.15) is 29.7 Å². The number of rotatable bonds is 4. The minimum atomic E-state index is -0.497. The number of nitrogens with zero attached hydrogens (tertiary/aromatic N) is 1. The molecule has 0 aromatic carbocycles. The zero-order valence-corrected chi connectivity index (χ0v) is 9.23. The van der Waals surface area contributed by atoms with Gasteiger partial charge in [0.15, 0.2) is 11.6 Å². The van der Waals surface area contributed by atoms with E-state index in [1.807, 2.05) is 6.92 Å². The quantitative estimate of drug-likeness (QED) is 0.306. The largest absolute Gasteiger partial charge is 0.456 e. The summed E-state index contributed by atoms with van der Waals surface area (Å²) in [6.45, 7) is 3.56. The summed E-state index contributed by atoms with van der Waals surface area (Å²) in [5.41, 5.74) is 5.41. The maximum atomic E-state index is 11.7. The SMILES string of the molecule is CCC(NC(=O)c1ccc(C)o1)/C(N)=N/O. The average Bonchev–Trinajstić information content (AvgIpc) is 2.71. The number of oxime groups is 1. The van der Waals surface area contributed by atoms with Crippen molar-refractivity contribution in [3.05, 3.63) is 23.7 Å². The molecule has 0 bridgehead atoms. The van der Waals surface area contributed by atoms with Crippen LogP contribution in [0.3, 0.4) is 0 Å².